The van der Waals surface area contributed by atoms with E-state index in [-0.39, 0.29) is 11.5 Å². The summed E-state index contributed by atoms with van der Waals surface area (Å²) in [5.41, 5.74) is 0.193. The van der Waals surface area contributed by atoms with Gasteiger partial charge in [0, 0.05) is 18.5 Å². The highest BCUT2D eigenvalue weighted by atomic mass is 32.1. The summed E-state index contributed by atoms with van der Waals surface area (Å²) in [7, 11) is 0. The molecule has 0 atom stereocenters. The zero-order valence-corrected chi connectivity index (χ0v) is 13.7. The van der Waals surface area contributed by atoms with Crippen LogP contribution in [0.3, 0.4) is 0 Å². The second kappa shape index (κ2) is 5.49. The normalized spacial score (nSPS) is 16.3. The standard InChI is InChI=1S/C18H17NO3S/c1-11-6-8-19(9-7-11)17(20)15-10-13-16(23-15)12-4-2-3-5-14(12)22-18(13)21/h2-5,10-11H,6-9H2,1H3. The van der Waals surface area contributed by atoms with Crippen LogP contribution < -0.4 is 5.63 Å². The quantitative estimate of drug-likeness (QED) is 0.637. The summed E-state index contributed by atoms with van der Waals surface area (Å²) in [6.45, 7) is 3.81. The SMILES string of the molecule is CC1CCN(C(=O)c2cc3c(=O)oc4ccccc4c3s2)CC1. The Bertz CT molecular complexity index is 948. The molecular formula is C18H17NO3S. The third-order valence-corrected chi connectivity index (χ3v) is 5.72. The molecule has 1 aliphatic heterocycles. The molecule has 118 valence electrons. The first-order chi connectivity index (χ1) is 11.1. The van der Waals surface area contributed by atoms with Crippen molar-refractivity contribution >= 4 is 38.3 Å². The number of benzene rings is 1. The van der Waals surface area contributed by atoms with Gasteiger partial charge in [-0.3, -0.25) is 4.79 Å². The van der Waals surface area contributed by atoms with Crippen LogP contribution in [-0.4, -0.2) is 23.9 Å². The first-order valence-electron chi connectivity index (χ1n) is 7.88. The van der Waals surface area contributed by atoms with Crippen LogP contribution in [0.2, 0.25) is 0 Å². The molecule has 0 radical (unpaired) electrons. The maximum Gasteiger partial charge on any atom is 0.345 e. The summed E-state index contributed by atoms with van der Waals surface area (Å²) < 4.78 is 6.19. The van der Waals surface area contributed by atoms with Crippen molar-refractivity contribution in [1.29, 1.82) is 0 Å². The smallest absolute Gasteiger partial charge is 0.345 e. The Balaban J connectivity index is 1.80. The van der Waals surface area contributed by atoms with E-state index in [1.54, 1.807) is 12.1 Å². The number of hydrogen-bond acceptors (Lipinski definition) is 4. The van der Waals surface area contributed by atoms with Gasteiger partial charge in [0.2, 0.25) is 0 Å². The number of carbonyl (C=O) groups excluding carboxylic acids is 1. The number of hydrogen-bond donors (Lipinski definition) is 0. The van der Waals surface area contributed by atoms with Gasteiger partial charge < -0.3 is 9.32 Å². The van der Waals surface area contributed by atoms with Crippen LogP contribution in [0.15, 0.2) is 39.5 Å². The maximum absolute atomic E-state index is 12.7. The zero-order chi connectivity index (χ0) is 16.0. The Morgan fingerprint density at radius 2 is 1.96 bits per heavy atom. The highest BCUT2D eigenvalue weighted by molar-refractivity contribution is 7.21. The largest absolute Gasteiger partial charge is 0.422 e. The van der Waals surface area contributed by atoms with Crippen LogP contribution >= 0.6 is 11.3 Å². The third kappa shape index (κ3) is 2.45. The lowest BCUT2D eigenvalue weighted by Gasteiger charge is -2.29. The van der Waals surface area contributed by atoms with Gasteiger partial charge in [0.25, 0.3) is 5.91 Å². The Morgan fingerprint density at radius 1 is 1.22 bits per heavy atom. The molecule has 3 heterocycles. The van der Waals surface area contributed by atoms with Crippen molar-refractivity contribution in [2.45, 2.75) is 19.8 Å². The molecule has 4 nitrogen and oxygen atoms in total. The van der Waals surface area contributed by atoms with Gasteiger partial charge in [-0.05, 0) is 37.0 Å². The number of piperidine rings is 1. The first-order valence-corrected chi connectivity index (χ1v) is 8.70. The minimum absolute atomic E-state index is 0.0292. The topological polar surface area (TPSA) is 50.5 Å². The maximum atomic E-state index is 12.7. The molecule has 0 spiro atoms. The molecular weight excluding hydrogens is 310 g/mol. The van der Waals surface area contributed by atoms with E-state index in [1.165, 1.54) is 11.3 Å². The summed E-state index contributed by atoms with van der Waals surface area (Å²) in [6.07, 6.45) is 2.09. The summed E-state index contributed by atoms with van der Waals surface area (Å²) in [6, 6.07) is 9.15. The molecule has 0 N–H and O–H groups in total. The zero-order valence-electron chi connectivity index (χ0n) is 12.9. The van der Waals surface area contributed by atoms with Crippen LogP contribution in [0.5, 0.6) is 0 Å². The Hall–Kier alpha value is -2.14. The summed E-state index contributed by atoms with van der Waals surface area (Å²) in [5.74, 6) is 0.707. The van der Waals surface area contributed by atoms with Crippen LogP contribution in [0.1, 0.15) is 29.4 Å². The van der Waals surface area contributed by atoms with Gasteiger partial charge in [-0.15, -0.1) is 11.3 Å². The van der Waals surface area contributed by atoms with E-state index in [1.807, 2.05) is 23.1 Å². The molecule has 0 saturated carbocycles. The number of likely N-dealkylation sites (tertiary alicyclic amines) is 1. The Labute approximate surface area is 137 Å². The van der Waals surface area contributed by atoms with Crippen molar-refractivity contribution in [2.24, 2.45) is 5.92 Å². The van der Waals surface area contributed by atoms with Crippen molar-refractivity contribution in [3.8, 4) is 0 Å². The molecule has 3 aromatic rings. The number of fused-ring (bicyclic) bond motifs is 3. The summed E-state index contributed by atoms with van der Waals surface area (Å²) in [5, 5.41) is 1.39. The first kappa shape index (κ1) is 14.5. The van der Waals surface area contributed by atoms with E-state index in [0.29, 0.717) is 21.8 Å². The molecule has 1 aromatic carbocycles. The van der Waals surface area contributed by atoms with Crippen LogP contribution in [0, 0.1) is 5.92 Å². The number of amides is 1. The van der Waals surface area contributed by atoms with Gasteiger partial charge in [0.05, 0.1) is 15.0 Å². The summed E-state index contributed by atoms with van der Waals surface area (Å²) >= 11 is 1.39. The van der Waals surface area contributed by atoms with Gasteiger partial charge in [-0.1, -0.05) is 19.1 Å². The molecule has 1 fully saturated rings. The molecule has 2 aromatic heterocycles. The average Bonchev–Trinajstić information content (AvgIpc) is 3.01. The van der Waals surface area contributed by atoms with E-state index in [2.05, 4.69) is 6.92 Å². The lowest BCUT2D eigenvalue weighted by molar-refractivity contribution is 0.0702. The van der Waals surface area contributed by atoms with Gasteiger partial charge >= 0.3 is 5.63 Å². The van der Waals surface area contributed by atoms with Gasteiger partial charge in [0.15, 0.2) is 0 Å². The fourth-order valence-corrected chi connectivity index (χ4v) is 4.26. The predicted octanol–water partition coefficient (Wildman–Crippen LogP) is 3.88. The third-order valence-electron chi connectivity index (χ3n) is 4.57. The number of rotatable bonds is 1. The van der Waals surface area contributed by atoms with Crippen LogP contribution in [0.4, 0.5) is 0 Å². The van der Waals surface area contributed by atoms with E-state index in [0.717, 1.165) is 36.0 Å². The van der Waals surface area contributed by atoms with Gasteiger partial charge in [0.1, 0.15) is 5.58 Å². The van der Waals surface area contributed by atoms with Gasteiger partial charge in [-0.25, -0.2) is 4.79 Å². The second-order valence-electron chi connectivity index (χ2n) is 6.21. The fraction of sp³-hybridized carbons (Fsp3) is 0.333. The lowest BCUT2D eigenvalue weighted by atomic mass is 9.99. The molecule has 0 aliphatic carbocycles. The molecule has 1 aliphatic rings. The highest BCUT2D eigenvalue weighted by Crippen LogP contribution is 2.31. The van der Waals surface area contributed by atoms with E-state index >= 15 is 0 Å². The van der Waals surface area contributed by atoms with Crippen molar-refractivity contribution in [1.82, 2.24) is 4.90 Å². The molecule has 4 rings (SSSR count). The molecule has 0 unspecified atom stereocenters. The van der Waals surface area contributed by atoms with Crippen molar-refractivity contribution in [3.63, 3.8) is 0 Å². The second-order valence-corrected chi connectivity index (χ2v) is 7.27. The van der Waals surface area contributed by atoms with E-state index < -0.39 is 0 Å². The average molecular weight is 327 g/mol. The van der Waals surface area contributed by atoms with Crippen LogP contribution in [-0.2, 0) is 0 Å². The number of nitrogens with zero attached hydrogens (tertiary/aromatic N) is 1. The number of thiophene rings is 1. The number of para-hydroxylation sites is 1. The fourth-order valence-electron chi connectivity index (χ4n) is 3.11. The monoisotopic (exact) mass is 327 g/mol. The number of carbonyl (C=O) groups is 1. The van der Waals surface area contributed by atoms with Crippen molar-refractivity contribution in [3.05, 3.63) is 45.6 Å². The molecule has 5 heteroatoms. The Morgan fingerprint density at radius 3 is 2.74 bits per heavy atom. The molecule has 23 heavy (non-hydrogen) atoms. The minimum Gasteiger partial charge on any atom is -0.422 e. The molecule has 1 amide bonds. The van der Waals surface area contributed by atoms with E-state index in [9.17, 15) is 9.59 Å². The predicted molar refractivity (Wildman–Crippen MR) is 92.2 cm³/mol. The van der Waals surface area contributed by atoms with Crippen molar-refractivity contribution < 1.29 is 9.21 Å². The van der Waals surface area contributed by atoms with Crippen LogP contribution in [0.25, 0.3) is 21.1 Å². The minimum atomic E-state index is -0.374. The van der Waals surface area contributed by atoms with E-state index in [4.69, 9.17) is 4.42 Å². The van der Waals surface area contributed by atoms with Gasteiger partial charge in [-0.2, -0.15) is 0 Å². The highest BCUT2D eigenvalue weighted by Gasteiger charge is 2.24. The summed E-state index contributed by atoms with van der Waals surface area (Å²) in [4.78, 5) is 27.4. The molecule has 1 saturated heterocycles. The lowest BCUT2D eigenvalue weighted by Crippen LogP contribution is -2.37. The molecule has 0 bridgehead atoms. The Kier molecular flexibility index (Phi) is 3.45. The van der Waals surface area contributed by atoms with Crippen molar-refractivity contribution in [2.75, 3.05) is 13.1 Å².